The summed E-state index contributed by atoms with van der Waals surface area (Å²) >= 11 is 6.21. The fraction of sp³-hybridized carbons (Fsp3) is 0.391. The second kappa shape index (κ2) is 9.90. The van der Waals surface area contributed by atoms with Crippen molar-refractivity contribution in [2.45, 2.75) is 37.8 Å². The Morgan fingerprint density at radius 3 is 2.71 bits per heavy atom. The Bertz CT molecular complexity index is 1000. The highest BCUT2D eigenvalue weighted by atomic mass is 35.5. The van der Waals surface area contributed by atoms with E-state index in [1.807, 2.05) is 17.0 Å². The zero-order valence-corrected chi connectivity index (χ0v) is 18.5. The van der Waals surface area contributed by atoms with Crippen LogP contribution >= 0.6 is 11.6 Å². The molecule has 2 heterocycles. The monoisotopic (exact) mass is 439 g/mol. The van der Waals surface area contributed by atoms with Crippen molar-refractivity contribution in [1.29, 1.82) is 5.26 Å². The van der Waals surface area contributed by atoms with Gasteiger partial charge in [0, 0.05) is 49.4 Å². The summed E-state index contributed by atoms with van der Waals surface area (Å²) in [7, 11) is 3.37. The van der Waals surface area contributed by atoms with Crippen molar-refractivity contribution in [1.82, 2.24) is 14.8 Å². The maximum Gasteiger partial charge on any atom is 0.253 e. The van der Waals surface area contributed by atoms with Gasteiger partial charge in [0.05, 0.1) is 17.8 Å². The third-order valence-electron chi connectivity index (χ3n) is 5.52. The molecule has 1 aromatic heterocycles. The van der Waals surface area contributed by atoms with Crippen molar-refractivity contribution in [2.75, 3.05) is 20.6 Å². The molecule has 0 bridgehead atoms. The molecule has 1 unspecified atom stereocenters. The van der Waals surface area contributed by atoms with E-state index in [9.17, 15) is 14.9 Å². The molecule has 31 heavy (non-hydrogen) atoms. The zero-order chi connectivity index (χ0) is 22.5. The number of piperidine rings is 1. The second-order valence-corrected chi connectivity index (χ2v) is 8.42. The molecule has 1 fully saturated rings. The maximum atomic E-state index is 12.3. The third kappa shape index (κ3) is 5.40. The summed E-state index contributed by atoms with van der Waals surface area (Å²) in [5.74, 6) is -0.514. The highest BCUT2D eigenvalue weighted by Gasteiger charge is 2.32. The Morgan fingerprint density at radius 1 is 1.32 bits per heavy atom. The molecule has 1 aromatic carbocycles. The van der Waals surface area contributed by atoms with Crippen LogP contribution in [-0.4, -0.2) is 59.3 Å². The summed E-state index contributed by atoms with van der Waals surface area (Å²) in [6, 6.07) is 10.4. The van der Waals surface area contributed by atoms with E-state index >= 15 is 0 Å². The largest absolute Gasteiger partial charge is 0.368 e. The number of pyridine rings is 1. The minimum Gasteiger partial charge on any atom is -0.368 e. The second-order valence-electron chi connectivity index (χ2n) is 7.98. The molecule has 7 nitrogen and oxygen atoms in total. The number of amides is 2. The van der Waals surface area contributed by atoms with Crippen molar-refractivity contribution in [2.24, 2.45) is 5.73 Å². The number of hydrogen-bond donors (Lipinski definition) is 1. The van der Waals surface area contributed by atoms with Crippen molar-refractivity contribution in [3.63, 3.8) is 0 Å². The van der Waals surface area contributed by atoms with E-state index in [0.717, 1.165) is 24.0 Å². The Morgan fingerprint density at radius 2 is 2.10 bits per heavy atom. The summed E-state index contributed by atoms with van der Waals surface area (Å²) in [5.41, 5.74) is 8.35. The SMILES string of the molecule is CN(C)C(=O)c1cc(Cl)cc(-c2ccc(C[C@@H](C#N)N3CCCCC3C(N)=O)cn2)c1. The van der Waals surface area contributed by atoms with Crippen LogP contribution in [0.15, 0.2) is 36.5 Å². The number of carbonyl (C=O) groups is 2. The minimum absolute atomic E-state index is 0.136. The van der Waals surface area contributed by atoms with Crippen molar-refractivity contribution in [3.05, 3.63) is 52.7 Å². The summed E-state index contributed by atoms with van der Waals surface area (Å²) in [6.45, 7) is 0.683. The van der Waals surface area contributed by atoms with Crippen molar-refractivity contribution >= 4 is 23.4 Å². The van der Waals surface area contributed by atoms with Crippen LogP contribution in [0, 0.1) is 11.3 Å². The molecule has 2 atom stereocenters. The number of primary amides is 1. The molecule has 2 N–H and O–H groups in total. The van der Waals surface area contributed by atoms with Gasteiger partial charge in [-0.1, -0.05) is 24.1 Å². The number of hydrogen-bond acceptors (Lipinski definition) is 5. The number of nitriles is 1. The Kier molecular flexibility index (Phi) is 7.26. The van der Waals surface area contributed by atoms with Gasteiger partial charge in [-0.2, -0.15) is 5.26 Å². The van der Waals surface area contributed by atoms with Crippen LogP contribution in [0.5, 0.6) is 0 Å². The fourth-order valence-corrected chi connectivity index (χ4v) is 4.16. The van der Waals surface area contributed by atoms with E-state index in [2.05, 4.69) is 11.1 Å². The van der Waals surface area contributed by atoms with Crippen LogP contribution in [-0.2, 0) is 11.2 Å². The standard InChI is InChI=1S/C23H26ClN5O2/c1-28(2)23(31)17-10-16(11-18(24)12-17)20-7-6-15(14-27-20)9-19(13-25)29-8-4-3-5-21(29)22(26)30/h6-7,10-12,14,19,21H,3-5,8-9H2,1-2H3,(H2,26,30)/t19-,21?/m0/s1. The van der Waals surface area contributed by atoms with Gasteiger partial charge >= 0.3 is 0 Å². The minimum atomic E-state index is -0.444. The summed E-state index contributed by atoms with van der Waals surface area (Å²) in [4.78, 5) is 32.0. The normalized spacial score (nSPS) is 17.5. The third-order valence-corrected chi connectivity index (χ3v) is 5.74. The predicted octanol–water partition coefficient (Wildman–Crippen LogP) is 2.88. The van der Waals surface area contributed by atoms with Gasteiger partial charge in [0.1, 0.15) is 6.04 Å². The molecule has 2 aromatic rings. The lowest BCUT2D eigenvalue weighted by Gasteiger charge is -2.36. The number of halogens is 1. The Labute approximate surface area is 187 Å². The molecule has 162 valence electrons. The van der Waals surface area contributed by atoms with Crippen LogP contribution in [0.1, 0.15) is 35.2 Å². The van der Waals surface area contributed by atoms with Gasteiger partial charge in [0.25, 0.3) is 5.91 Å². The van der Waals surface area contributed by atoms with Gasteiger partial charge in [-0.15, -0.1) is 0 Å². The van der Waals surface area contributed by atoms with Crippen LogP contribution in [0.4, 0.5) is 0 Å². The van der Waals surface area contributed by atoms with E-state index in [0.29, 0.717) is 35.7 Å². The van der Waals surface area contributed by atoms with Crippen LogP contribution < -0.4 is 5.73 Å². The highest BCUT2D eigenvalue weighted by Crippen LogP contribution is 2.25. The van der Waals surface area contributed by atoms with Gasteiger partial charge in [-0.25, -0.2) is 0 Å². The lowest BCUT2D eigenvalue weighted by atomic mass is 9.97. The molecular weight excluding hydrogens is 414 g/mol. The van der Waals surface area contributed by atoms with Gasteiger partial charge in [-0.05, 0) is 42.7 Å². The first-order valence-corrected chi connectivity index (χ1v) is 10.6. The number of benzene rings is 1. The molecule has 0 radical (unpaired) electrons. The topological polar surface area (TPSA) is 103 Å². The molecule has 1 saturated heterocycles. The average molecular weight is 440 g/mol. The molecule has 0 aliphatic carbocycles. The molecular formula is C23H26ClN5O2. The van der Waals surface area contributed by atoms with Gasteiger partial charge in [0.2, 0.25) is 5.91 Å². The number of nitrogens with two attached hydrogens (primary N) is 1. The van der Waals surface area contributed by atoms with Crippen LogP contribution in [0.2, 0.25) is 5.02 Å². The lowest BCUT2D eigenvalue weighted by molar-refractivity contribution is -0.125. The average Bonchev–Trinajstić information content (AvgIpc) is 2.76. The smallest absolute Gasteiger partial charge is 0.253 e. The van der Waals surface area contributed by atoms with E-state index in [1.165, 1.54) is 4.90 Å². The fourth-order valence-electron chi connectivity index (χ4n) is 3.93. The quantitative estimate of drug-likeness (QED) is 0.745. The zero-order valence-electron chi connectivity index (χ0n) is 17.7. The molecule has 1 aliphatic heterocycles. The maximum absolute atomic E-state index is 12.3. The molecule has 3 rings (SSSR count). The molecule has 0 saturated carbocycles. The number of nitrogens with zero attached hydrogens (tertiary/aromatic N) is 4. The number of carbonyl (C=O) groups excluding carboxylic acids is 2. The van der Waals surface area contributed by atoms with E-state index < -0.39 is 12.1 Å². The number of rotatable bonds is 6. The first-order chi connectivity index (χ1) is 14.8. The Balaban J connectivity index is 1.79. The first kappa shape index (κ1) is 22.7. The van der Waals surface area contributed by atoms with E-state index in [4.69, 9.17) is 17.3 Å². The molecule has 0 spiro atoms. The number of aromatic nitrogens is 1. The predicted molar refractivity (Wildman–Crippen MR) is 119 cm³/mol. The lowest BCUT2D eigenvalue weighted by Crippen LogP contribution is -2.52. The summed E-state index contributed by atoms with van der Waals surface area (Å²) in [6.07, 6.45) is 4.75. The van der Waals surface area contributed by atoms with Crippen molar-refractivity contribution < 1.29 is 9.59 Å². The van der Waals surface area contributed by atoms with Crippen LogP contribution in [0.25, 0.3) is 11.3 Å². The molecule has 8 heteroatoms. The molecule has 1 aliphatic rings. The highest BCUT2D eigenvalue weighted by molar-refractivity contribution is 6.31. The van der Waals surface area contributed by atoms with Gasteiger partial charge < -0.3 is 10.6 Å². The van der Waals surface area contributed by atoms with E-state index in [1.54, 1.807) is 38.5 Å². The summed E-state index contributed by atoms with van der Waals surface area (Å²) in [5, 5.41) is 10.2. The van der Waals surface area contributed by atoms with Crippen LogP contribution in [0.3, 0.4) is 0 Å². The van der Waals surface area contributed by atoms with Crippen molar-refractivity contribution in [3.8, 4) is 17.3 Å². The first-order valence-electron chi connectivity index (χ1n) is 10.2. The van der Waals surface area contributed by atoms with Gasteiger partial charge in [-0.3, -0.25) is 19.5 Å². The molecule has 2 amide bonds. The Hall–Kier alpha value is -2.95. The van der Waals surface area contributed by atoms with E-state index in [-0.39, 0.29) is 11.8 Å². The number of likely N-dealkylation sites (tertiary alicyclic amines) is 1. The van der Waals surface area contributed by atoms with Gasteiger partial charge in [0.15, 0.2) is 0 Å². The summed E-state index contributed by atoms with van der Waals surface area (Å²) < 4.78 is 0.